The van der Waals surface area contributed by atoms with Gasteiger partial charge in [0.1, 0.15) is 11.5 Å². The fourth-order valence-electron chi connectivity index (χ4n) is 2.77. The van der Waals surface area contributed by atoms with Gasteiger partial charge in [0.2, 0.25) is 0 Å². The number of oxime groups is 1. The number of rotatable bonds is 4. The van der Waals surface area contributed by atoms with Gasteiger partial charge in [-0.05, 0) is 44.5 Å². The Morgan fingerprint density at radius 2 is 1.96 bits per heavy atom. The minimum Gasteiger partial charge on any atom is -0.508 e. The van der Waals surface area contributed by atoms with Gasteiger partial charge in [-0.15, -0.1) is 0 Å². The first-order valence-electron chi connectivity index (χ1n) is 7.58. The molecule has 0 spiro atoms. The van der Waals surface area contributed by atoms with Gasteiger partial charge in [0.25, 0.3) is 0 Å². The zero-order chi connectivity index (χ0) is 17.3. The van der Waals surface area contributed by atoms with Crippen molar-refractivity contribution in [2.24, 2.45) is 5.16 Å². The molecule has 2 heterocycles. The number of phenolic OH excluding ortho intramolecular Hbond substituents is 1. The molecular formula is C17H18N4O3. The van der Waals surface area contributed by atoms with Crippen molar-refractivity contribution in [1.29, 1.82) is 0 Å². The van der Waals surface area contributed by atoms with Gasteiger partial charge in [0.15, 0.2) is 0 Å². The quantitative estimate of drug-likeness (QED) is 0.436. The first-order valence-corrected chi connectivity index (χ1v) is 7.58. The monoisotopic (exact) mass is 326 g/mol. The molecule has 3 rings (SSSR count). The number of aromatic hydroxyl groups is 1. The number of hydrogen-bond donors (Lipinski definition) is 2. The van der Waals surface area contributed by atoms with Gasteiger partial charge in [-0.1, -0.05) is 17.2 Å². The Balaban J connectivity index is 2.35. The maximum Gasteiger partial charge on any atom is 0.143 e. The molecule has 0 saturated carbocycles. The van der Waals surface area contributed by atoms with E-state index in [1.807, 2.05) is 20.8 Å². The second kappa shape index (κ2) is 6.19. The first kappa shape index (κ1) is 15.8. The lowest BCUT2D eigenvalue weighted by molar-refractivity contribution is 0.322. The molecule has 3 aromatic rings. The van der Waals surface area contributed by atoms with Crippen LogP contribution in [-0.2, 0) is 6.42 Å². The number of nitrogens with zero attached hydrogens (tertiary/aromatic N) is 4. The largest absolute Gasteiger partial charge is 0.508 e. The maximum atomic E-state index is 9.53. The molecule has 0 saturated heterocycles. The summed E-state index contributed by atoms with van der Waals surface area (Å²) >= 11 is 0. The molecule has 0 aliphatic carbocycles. The molecule has 0 fully saturated rings. The van der Waals surface area contributed by atoms with E-state index in [1.165, 1.54) is 6.21 Å². The summed E-state index contributed by atoms with van der Waals surface area (Å²) in [6.45, 7) is 5.66. The van der Waals surface area contributed by atoms with Crippen molar-refractivity contribution in [1.82, 2.24) is 14.9 Å². The molecule has 2 N–H and O–H groups in total. The van der Waals surface area contributed by atoms with Gasteiger partial charge in [-0.25, -0.2) is 4.68 Å². The van der Waals surface area contributed by atoms with Crippen LogP contribution in [0.1, 0.15) is 29.6 Å². The summed E-state index contributed by atoms with van der Waals surface area (Å²) in [5.74, 6) is 0.834. The van der Waals surface area contributed by atoms with Crippen molar-refractivity contribution in [2.75, 3.05) is 0 Å². The van der Waals surface area contributed by atoms with Crippen LogP contribution in [0.4, 0.5) is 0 Å². The standard InChI is InChI=1S/C17H18N4O3/c1-4-15-14(9-18-23)17(16-10(2)20-24-11(16)3)21(19-15)12-5-7-13(22)8-6-12/h5-9,22-23H,4H2,1-3H3/b18-9-. The van der Waals surface area contributed by atoms with Crippen LogP contribution in [0.3, 0.4) is 0 Å². The molecule has 124 valence electrons. The fourth-order valence-corrected chi connectivity index (χ4v) is 2.77. The van der Waals surface area contributed by atoms with Crippen molar-refractivity contribution in [3.8, 4) is 22.7 Å². The molecule has 2 aromatic heterocycles. The molecule has 7 heteroatoms. The van der Waals surface area contributed by atoms with E-state index in [1.54, 1.807) is 28.9 Å². The summed E-state index contributed by atoms with van der Waals surface area (Å²) in [6.07, 6.45) is 2.05. The number of aryl methyl sites for hydroxylation is 3. The van der Waals surface area contributed by atoms with Gasteiger partial charge >= 0.3 is 0 Å². The van der Waals surface area contributed by atoms with Gasteiger partial charge in [-0.3, -0.25) is 0 Å². The zero-order valence-corrected chi connectivity index (χ0v) is 13.7. The third-order valence-electron chi connectivity index (χ3n) is 3.88. The fraction of sp³-hybridized carbons (Fsp3) is 0.235. The number of benzene rings is 1. The highest BCUT2D eigenvalue weighted by molar-refractivity contribution is 5.91. The second-order valence-electron chi connectivity index (χ2n) is 5.43. The molecule has 0 aliphatic rings. The summed E-state index contributed by atoms with van der Waals surface area (Å²) < 4.78 is 7.05. The topological polar surface area (TPSA) is 96.7 Å². The van der Waals surface area contributed by atoms with E-state index < -0.39 is 0 Å². The molecule has 0 aliphatic heterocycles. The van der Waals surface area contributed by atoms with Crippen molar-refractivity contribution in [3.05, 3.63) is 47.0 Å². The van der Waals surface area contributed by atoms with Crippen molar-refractivity contribution in [3.63, 3.8) is 0 Å². The summed E-state index contributed by atoms with van der Waals surface area (Å²) in [5.41, 5.74) is 4.55. The van der Waals surface area contributed by atoms with Gasteiger partial charge in [0, 0.05) is 5.56 Å². The maximum absolute atomic E-state index is 9.53. The van der Waals surface area contributed by atoms with Crippen LogP contribution in [-0.4, -0.2) is 31.5 Å². The highest BCUT2D eigenvalue weighted by atomic mass is 16.5. The number of hydrogen-bond acceptors (Lipinski definition) is 6. The van der Waals surface area contributed by atoms with Crippen LogP contribution in [0.15, 0.2) is 33.9 Å². The Morgan fingerprint density at radius 3 is 2.50 bits per heavy atom. The van der Waals surface area contributed by atoms with Gasteiger partial charge < -0.3 is 14.8 Å². The van der Waals surface area contributed by atoms with Crippen LogP contribution in [0.5, 0.6) is 5.75 Å². The van der Waals surface area contributed by atoms with Crippen molar-refractivity contribution < 1.29 is 14.8 Å². The molecule has 1 aromatic carbocycles. The van der Waals surface area contributed by atoms with E-state index in [9.17, 15) is 5.11 Å². The summed E-state index contributed by atoms with van der Waals surface area (Å²) in [7, 11) is 0. The third-order valence-corrected chi connectivity index (χ3v) is 3.88. The van der Waals surface area contributed by atoms with Gasteiger partial charge in [0.05, 0.1) is 34.5 Å². The van der Waals surface area contributed by atoms with Crippen LogP contribution < -0.4 is 0 Å². The SMILES string of the molecule is CCc1nn(-c2ccc(O)cc2)c(-c2c(C)noc2C)c1/C=N\O. The minimum atomic E-state index is 0.178. The van der Waals surface area contributed by atoms with Crippen LogP contribution >= 0.6 is 0 Å². The lowest BCUT2D eigenvalue weighted by Gasteiger charge is -2.08. The average molecular weight is 326 g/mol. The van der Waals surface area contributed by atoms with E-state index in [0.717, 1.165) is 28.3 Å². The molecule has 7 nitrogen and oxygen atoms in total. The lowest BCUT2D eigenvalue weighted by Crippen LogP contribution is -2.01. The highest BCUT2D eigenvalue weighted by Gasteiger charge is 2.24. The minimum absolute atomic E-state index is 0.178. The summed E-state index contributed by atoms with van der Waals surface area (Å²) in [6, 6.07) is 6.73. The summed E-state index contributed by atoms with van der Waals surface area (Å²) in [5, 5.41) is 30.5. The van der Waals surface area contributed by atoms with Crippen molar-refractivity contribution >= 4 is 6.21 Å². The van der Waals surface area contributed by atoms with Crippen LogP contribution in [0, 0.1) is 13.8 Å². The molecule has 0 unspecified atom stereocenters. The van der Waals surface area contributed by atoms with E-state index in [0.29, 0.717) is 17.7 Å². The Hall–Kier alpha value is -3.09. The molecule has 0 radical (unpaired) electrons. The Bertz CT molecular complexity index is 872. The van der Waals surface area contributed by atoms with E-state index in [-0.39, 0.29) is 5.75 Å². The van der Waals surface area contributed by atoms with Crippen LogP contribution in [0.25, 0.3) is 16.9 Å². The predicted octanol–water partition coefficient (Wildman–Crippen LogP) is 3.22. The van der Waals surface area contributed by atoms with Crippen LogP contribution in [0.2, 0.25) is 0 Å². The summed E-state index contributed by atoms with van der Waals surface area (Å²) in [4.78, 5) is 0. The zero-order valence-electron chi connectivity index (χ0n) is 13.7. The van der Waals surface area contributed by atoms with E-state index in [2.05, 4.69) is 15.4 Å². The lowest BCUT2D eigenvalue weighted by atomic mass is 10.0. The molecule has 24 heavy (non-hydrogen) atoms. The van der Waals surface area contributed by atoms with Crippen molar-refractivity contribution in [2.45, 2.75) is 27.2 Å². The molecule has 0 atom stereocenters. The molecule has 0 amide bonds. The highest BCUT2D eigenvalue weighted by Crippen LogP contribution is 2.33. The smallest absolute Gasteiger partial charge is 0.143 e. The average Bonchev–Trinajstić information content (AvgIpc) is 3.08. The Kier molecular flexibility index (Phi) is 4.07. The van der Waals surface area contributed by atoms with E-state index in [4.69, 9.17) is 9.73 Å². The first-order chi connectivity index (χ1) is 11.6. The Morgan fingerprint density at radius 1 is 1.25 bits per heavy atom. The second-order valence-corrected chi connectivity index (χ2v) is 5.43. The molecule has 0 bridgehead atoms. The van der Waals surface area contributed by atoms with Gasteiger partial charge in [-0.2, -0.15) is 5.10 Å². The predicted molar refractivity (Wildman–Crippen MR) is 89.0 cm³/mol. The normalized spacial score (nSPS) is 11.5. The Labute approximate surface area is 138 Å². The molecular weight excluding hydrogens is 308 g/mol. The number of phenols is 1. The third kappa shape index (κ3) is 2.54. The van der Waals surface area contributed by atoms with E-state index >= 15 is 0 Å². The number of aromatic nitrogens is 3.